The van der Waals surface area contributed by atoms with Crippen LogP contribution in [0.15, 0.2) is 54.9 Å². The van der Waals surface area contributed by atoms with Crippen LogP contribution in [0.1, 0.15) is 18.5 Å². The van der Waals surface area contributed by atoms with Crippen LogP contribution in [0.3, 0.4) is 0 Å². The summed E-state index contributed by atoms with van der Waals surface area (Å²) in [7, 11) is 1.54. The van der Waals surface area contributed by atoms with Crippen molar-refractivity contribution in [2.45, 2.75) is 25.8 Å². The monoisotopic (exact) mass is 323 g/mol. The van der Waals surface area contributed by atoms with Crippen molar-refractivity contribution in [2.24, 2.45) is 0 Å². The molecule has 3 aromatic rings. The number of carbonyl (C=O) groups excluding carboxylic acids is 1. The number of nitrogens with zero attached hydrogens (tertiary/aromatic N) is 2. The van der Waals surface area contributed by atoms with Crippen LogP contribution in [0.2, 0.25) is 0 Å². The number of hydrogen-bond donors (Lipinski definition) is 1. The highest BCUT2D eigenvalue weighted by molar-refractivity contribution is 5.82. The van der Waals surface area contributed by atoms with E-state index in [0.717, 1.165) is 42.4 Å². The fraction of sp³-hybridized carbons (Fsp3) is 0.263. The summed E-state index contributed by atoms with van der Waals surface area (Å²) >= 11 is 0. The number of pyridine rings is 1. The number of fused-ring (bicyclic) bond motifs is 1. The van der Waals surface area contributed by atoms with Gasteiger partial charge in [-0.25, -0.2) is 4.79 Å². The smallest absolute Gasteiger partial charge is 0.410 e. The minimum Gasteiger partial charge on any atom is -0.410 e. The molecule has 0 radical (unpaired) electrons. The van der Waals surface area contributed by atoms with Gasteiger partial charge < -0.3 is 14.6 Å². The first-order valence-electron chi connectivity index (χ1n) is 8.14. The average molecular weight is 323 g/mol. The van der Waals surface area contributed by atoms with E-state index in [1.165, 1.54) is 0 Å². The molecule has 2 aromatic heterocycles. The van der Waals surface area contributed by atoms with Crippen LogP contribution in [-0.4, -0.2) is 22.7 Å². The zero-order chi connectivity index (χ0) is 16.8. The number of hydrogen-bond acceptors (Lipinski definition) is 3. The first-order chi connectivity index (χ1) is 11.8. The lowest BCUT2D eigenvalue weighted by Gasteiger charge is -2.07. The molecule has 0 aliphatic carbocycles. The van der Waals surface area contributed by atoms with Gasteiger partial charge in [-0.15, -0.1) is 0 Å². The molecule has 3 rings (SSSR count). The molecule has 124 valence electrons. The van der Waals surface area contributed by atoms with E-state index in [9.17, 15) is 4.79 Å². The molecule has 0 fully saturated rings. The van der Waals surface area contributed by atoms with Gasteiger partial charge in [-0.05, 0) is 55.7 Å². The van der Waals surface area contributed by atoms with Gasteiger partial charge in [0, 0.05) is 42.6 Å². The summed E-state index contributed by atoms with van der Waals surface area (Å²) in [5, 5.41) is 3.51. The normalized spacial score (nSPS) is 10.7. The van der Waals surface area contributed by atoms with Crippen molar-refractivity contribution < 1.29 is 9.53 Å². The maximum Gasteiger partial charge on any atom is 0.412 e. The topological polar surface area (TPSA) is 56.1 Å². The maximum atomic E-state index is 11.3. The van der Waals surface area contributed by atoms with Crippen LogP contribution in [-0.2, 0) is 13.0 Å². The number of unbranched alkanes of at least 4 members (excludes halogenated alkanes) is 1. The van der Waals surface area contributed by atoms with E-state index < -0.39 is 6.09 Å². The molecule has 0 bridgehead atoms. The van der Waals surface area contributed by atoms with Crippen LogP contribution in [0, 0.1) is 0 Å². The lowest BCUT2D eigenvalue weighted by Crippen LogP contribution is -2.21. The van der Waals surface area contributed by atoms with Crippen molar-refractivity contribution in [2.75, 3.05) is 7.05 Å². The number of amides is 1. The third kappa shape index (κ3) is 3.93. The fourth-order valence-corrected chi connectivity index (χ4v) is 2.73. The Morgan fingerprint density at radius 1 is 1.21 bits per heavy atom. The fourth-order valence-electron chi connectivity index (χ4n) is 2.73. The van der Waals surface area contributed by atoms with Crippen LogP contribution in [0.25, 0.3) is 10.9 Å². The van der Waals surface area contributed by atoms with Gasteiger partial charge >= 0.3 is 6.09 Å². The largest absolute Gasteiger partial charge is 0.412 e. The van der Waals surface area contributed by atoms with Crippen molar-refractivity contribution in [3.8, 4) is 5.75 Å². The number of ether oxygens (including phenoxy) is 1. The van der Waals surface area contributed by atoms with Gasteiger partial charge in [0.05, 0.1) is 0 Å². The van der Waals surface area contributed by atoms with E-state index in [1.54, 1.807) is 7.05 Å². The lowest BCUT2D eigenvalue weighted by atomic mass is 10.2. The summed E-state index contributed by atoms with van der Waals surface area (Å²) in [6, 6.07) is 13.8. The predicted molar refractivity (Wildman–Crippen MR) is 94.2 cm³/mol. The molecule has 0 unspecified atom stereocenters. The van der Waals surface area contributed by atoms with E-state index in [4.69, 9.17) is 4.74 Å². The van der Waals surface area contributed by atoms with Gasteiger partial charge in [0.25, 0.3) is 0 Å². The summed E-state index contributed by atoms with van der Waals surface area (Å²) in [5.41, 5.74) is 2.29. The molecule has 0 saturated carbocycles. The van der Waals surface area contributed by atoms with Crippen LogP contribution >= 0.6 is 0 Å². The van der Waals surface area contributed by atoms with Crippen LogP contribution < -0.4 is 10.1 Å². The number of carbonyl (C=O) groups is 1. The number of nitrogens with one attached hydrogen (secondary N) is 1. The summed E-state index contributed by atoms with van der Waals surface area (Å²) < 4.78 is 7.40. The van der Waals surface area contributed by atoms with Crippen molar-refractivity contribution in [3.63, 3.8) is 0 Å². The third-order valence-electron chi connectivity index (χ3n) is 3.97. The van der Waals surface area contributed by atoms with Gasteiger partial charge in [-0.3, -0.25) is 4.98 Å². The van der Waals surface area contributed by atoms with Gasteiger partial charge in [-0.1, -0.05) is 6.07 Å². The first kappa shape index (κ1) is 16.1. The Labute approximate surface area is 141 Å². The highest BCUT2D eigenvalue weighted by Crippen LogP contribution is 2.22. The number of rotatable bonds is 6. The zero-order valence-electron chi connectivity index (χ0n) is 13.7. The van der Waals surface area contributed by atoms with Gasteiger partial charge in [-0.2, -0.15) is 0 Å². The highest BCUT2D eigenvalue weighted by atomic mass is 16.5. The van der Waals surface area contributed by atoms with E-state index in [1.807, 2.05) is 42.6 Å². The Hall–Kier alpha value is -2.82. The molecule has 0 saturated heterocycles. The first-order valence-corrected chi connectivity index (χ1v) is 8.14. The lowest BCUT2D eigenvalue weighted by molar-refractivity contribution is 0.203. The van der Waals surface area contributed by atoms with Gasteiger partial charge in [0.1, 0.15) is 5.75 Å². The van der Waals surface area contributed by atoms with Crippen molar-refractivity contribution in [1.29, 1.82) is 0 Å². The van der Waals surface area contributed by atoms with E-state index in [-0.39, 0.29) is 0 Å². The Bertz CT molecular complexity index is 812. The third-order valence-corrected chi connectivity index (χ3v) is 3.97. The number of aromatic nitrogens is 2. The Morgan fingerprint density at radius 2 is 2.12 bits per heavy atom. The number of benzene rings is 1. The maximum absolute atomic E-state index is 11.3. The second kappa shape index (κ2) is 7.64. The summed E-state index contributed by atoms with van der Waals surface area (Å²) in [5.74, 6) is 0.551. The minimum absolute atomic E-state index is 0.455. The van der Waals surface area contributed by atoms with E-state index >= 15 is 0 Å². The minimum atomic E-state index is -0.455. The standard InChI is InChI=1S/C19H21N3O2/c1-20-19(23)24-17-8-9-18-15(14-17)10-13-22(18)12-5-3-7-16-6-2-4-11-21-16/h2,4,6,8-11,13-14H,3,5,7,12H2,1H3,(H,20,23). The van der Waals surface area contributed by atoms with Gasteiger partial charge in [0.15, 0.2) is 0 Å². The highest BCUT2D eigenvalue weighted by Gasteiger charge is 2.06. The molecule has 0 aliphatic rings. The predicted octanol–water partition coefficient (Wildman–Crippen LogP) is 3.78. The Kier molecular flexibility index (Phi) is 5.11. The molecule has 1 aromatic carbocycles. The van der Waals surface area contributed by atoms with Gasteiger partial charge in [0.2, 0.25) is 0 Å². The molecule has 2 heterocycles. The molecule has 1 amide bonds. The molecule has 24 heavy (non-hydrogen) atoms. The quantitative estimate of drug-likeness (QED) is 0.702. The van der Waals surface area contributed by atoms with Crippen molar-refractivity contribution >= 4 is 17.0 Å². The second-order valence-corrected chi connectivity index (χ2v) is 5.65. The molecular formula is C19H21N3O2. The van der Waals surface area contributed by atoms with Crippen LogP contribution in [0.4, 0.5) is 4.79 Å². The SMILES string of the molecule is CNC(=O)Oc1ccc2c(ccn2CCCCc2ccccn2)c1. The summed E-state index contributed by atoms with van der Waals surface area (Å²) in [4.78, 5) is 15.6. The summed E-state index contributed by atoms with van der Waals surface area (Å²) in [6.07, 6.45) is 6.67. The number of aryl methyl sites for hydroxylation is 2. The van der Waals surface area contributed by atoms with Crippen molar-refractivity contribution in [1.82, 2.24) is 14.9 Å². The molecule has 0 atom stereocenters. The molecule has 0 aliphatic heterocycles. The molecule has 5 heteroatoms. The molecule has 5 nitrogen and oxygen atoms in total. The van der Waals surface area contributed by atoms with E-state index in [2.05, 4.69) is 27.1 Å². The molecule has 0 spiro atoms. The molecule has 1 N–H and O–H groups in total. The zero-order valence-corrected chi connectivity index (χ0v) is 13.7. The Balaban J connectivity index is 1.58. The van der Waals surface area contributed by atoms with Crippen LogP contribution in [0.5, 0.6) is 5.75 Å². The Morgan fingerprint density at radius 3 is 2.92 bits per heavy atom. The van der Waals surface area contributed by atoms with E-state index in [0.29, 0.717) is 5.75 Å². The second-order valence-electron chi connectivity index (χ2n) is 5.65. The average Bonchev–Trinajstić information content (AvgIpc) is 3.02. The van der Waals surface area contributed by atoms with Crippen molar-refractivity contribution in [3.05, 3.63) is 60.6 Å². The molecular weight excluding hydrogens is 302 g/mol. The summed E-state index contributed by atoms with van der Waals surface area (Å²) in [6.45, 7) is 0.964.